The average molecular weight is 438 g/mol. The van der Waals surface area contributed by atoms with E-state index in [2.05, 4.69) is 27.1 Å². The minimum absolute atomic E-state index is 0.0796. The first-order valence-corrected chi connectivity index (χ1v) is 12.4. The van der Waals surface area contributed by atoms with Crippen molar-refractivity contribution in [2.75, 3.05) is 44.6 Å². The molecule has 1 atom stereocenters. The van der Waals surface area contributed by atoms with Crippen LogP contribution in [0.15, 0.2) is 30.3 Å². The molecule has 0 radical (unpaired) electrons. The minimum Gasteiger partial charge on any atom is -0.323 e. The molecule has 4 rings (SSSR count). The van der Waals surface area contributed by atoms with Crippen molar-refractivity contribution in [3.8, 4) is 5.69 Å². The summed E-state index contributed by atoms with van der Waals surface area (Å²) in [5, 5.41) is 7.77. The minimum atomic E-state index is 0.0796. The van der Waals surface area contributed by atoms with Crippen LogP contribution in [0.4, 0.5) is 5.69 Å². The highest BCUT2D eigenvalue weighted by Gasteiger charge is 2.24. The fourth-order valence-corrected chi connectivity index (χ4v) is 5.22. The van der Waals surface area contributed by atoms with Gasteiger partial charge in [-0.25, -0.2) is 4.68 Å². The van der Waals surface area contributed by atoms with Crippen LogP contribution in [0.25, 0.3) is 5.69 Å². The summed E-state index contributed by atoms with van der Waals surface area (Å²) in [6.07, 6.45) is 5.79. The second-order valence-corrected chi connectivity index (χ2v) is 9.88. The Hall–Kier alpha value is -2.18. The number of piperidine rings is 2. The lowest BCUT2D eigenvalue weighted by molar-refractivity contribution is -0.116. The van der Waals surface area contributed by atoms with Gasteiger partial charge in [0, 0.05) is 26.1 Å². The van der Waals surface area contributed by atoms with Gasteiger partial charge < -0.3 is 15.1 Å². The van der Waals surface area contributed by atoms with Gasteiger partial charge in [-0.05, 0) is 83.1 Å². The molecule has 2 aliphatic rings. The number of benzene rings is 1. The van der Waals surface area contributed by atoms with E-state index in [9.17, 15) is 4.79 Å². The summed E-state index contributed by atoms with van der Waals surface area (Å²) in [4.78, 5) is 17.9. The zero-order valence-electron chi connectivity index (χ0n) is 20.0. The first-order chi connectivity index (χ1) is 15.5. The van der Waals surface area contributed by atoms with Gasteiger partial charge in [-0.2, -0.15) is 5.10 Å². The molecule has 1 amide bonds. The number of nitrogens with zero attached hydrogens (tertiary/aromatic N) is 4. The Morgan fingerprint density at radius 1 is 1.06 bits per heavy atom. The molecule has 0 aliphatic carbocycles. The maximum absolute atomic E-state index is 12.8. The molecule has 1 N–H and O–H groups in total. The van der Waals surface area contributed by atoms with Gasteiger partial charge in [0.25, 0.3) is 0 Å². The van der Waals surface area contributed by atoms with Gasteiger partial charge in [-0.1, -0.05) is 25.1 Å². The molecule has 6 nitrogen and oxygen atoms in total. The van der Waals surface area contributed by atoms with Crippen molar-refractivity contribution >= 4 is 11.6 Å². The summed E-state index contributed by atoms with van der Waals surface area (Å²) in [7, 11) is 0. The maximum Gasteiger partial charge on any atom is 0.225 e. The highest BCUT2D eigenvalue weighted by Crippen LogP contribution is 2.24. The van der Waals surface area contributed by atoms with Crippen LogP contribution in [0.2, 0.25) is 0 Å². The quantitative estimate of drug-likeness (QED) is 0.703. The Morgan fingerprint density at radius 2 is 1.81 bits per heavy atom. The van der Waals surface area contributed by atoms with Gasteiger partial charge in [0.2, 0.25) is 5.91 Å². The largest absolute Gasteiger partial charge is 0.323 e. The smallest absolute Gasteiger partial charge is 0.225 e. The third-order valence-electron chi connectivity index (χ3n) is 7.21. The number of aromatic nitrogens is 2. The van der Waals surface area contributed by atoms with E-state index in [1.165, 1.54) is 45.3 Å². The van der Waals surface area contributed by atoms with Gasteiger partial charge in [0.15, 0.2) is 0 Å². The Bertz CT molecular complexity index is 885. The summed E-state index contributed by atoms with van der Waals surface area (Å²) >= 11 is 0. The van der Waals surface area contributed by atoms with Crippen LogP contribution in [0.1, 0.15) is 50.4 Å². The van der Waals surface area contributed by atoms with Crippen molar-refractivity contribution in [1.82, 2.24) is 19.6 Å². The lowest BCUT2D eigenvalue weighted by atomic mass is 9.94. The van der Waals surface area contributed by atoms with E-state index in [1.54, 1.807) is 0 Å². The van der Waals surface area contributed by atoms with Crippen molar-refractivity contribution in [3.05, 3.63) is 41.7 Å². The second kappa shape index (κ2) is 10.6. The van der Waals surface area contributed by atoms with E-state index in [0.29, 0.717) is 6.42 Å². The first kappa shape index (κ1) is 23.0. The summed E-state index contributed by atoms with van der Waals surface area (Å²) in [5.74, 6) is 1.71. The number of rotatable bonds is 7. The number of hydrogen-bond acceptors (Lipinski definition) is 4. The highest BCUT2D eigenvalue weighted by molar-refractivity contribution is 5.92. The zero-order chi connectivity index (χ0) is 22.5. The molecule has 32 heavy (non-hydrogen) atoms. The maximum atomic E-state index is 12.8. The molecule has 2 fully saturated rings. The van der Waals surface area contributed by atoms with Crippen molar-refractivity contribution < 1.29 is 4.79 Å². The summed E-state index contributed by atoms with van der Waals surface area (Å²) in [6.45, 7) is 13.2. The van der Waals surface area contributed by atoms with E-state index in [0.717, 1.165) is 54.2 Å². The Labute approximate surface area is 193 Å². The lowest BCUT2D eigenvalue weighted by Gasteiger charge is -2.37. The first-order valence-electron chi connectivity index (χ1n) is 12.4. The number of hydrogen-bond donors (Lipinski definition) is 1. The molecule has 1 aromatic carbocycles. The highest BCUT2D eigenvalue weighted by atomic mass is 16.1. The van der Waals surface area contributed by atoms with Gasteiger partial charge in [-0.3, -0.25) is 4.79 Å². The monoisotopic (exact) mass is 437 g/mol. The molecule has 2 saturated heterocycles. The molecule has 0 bridgehead atoms. The fourth-order valence-electron chi connectivity index (χ4n) is 5.22. The van der Waals surface area contributed by atoms with E-state index in [-0.39, 0.29) is 5.91 Å². The molecule has 1 unspecified atom stereocenters. The zero-order valence-corrected chi connectivity index (χ0v) is 20.0. The number of carbonyl (C=O) groups excluding carboxylic acids is 1. The van der Waals surface area contributed by atoms with Crippen LogP contribution >= 0.6 is 0 Å². The van der Waals surface area contributed by atoms with Crippen LogP contribution in [0.3, 0.4) is 0 Å². The predicted octanol–water partition coefficient (Wildman–Crippen LogP) is 4.26. The molecule has 2 aromatic rings. The molecule has 174 valence electrons. The molecular weight excluding hydrogens is 398 g/mol. The van der Waals surface area contributed by atoms with Crippen molar-refractivity contribution in [2.24, 2.45) is 11.8 Å². The van der Waals surface area contributed by atoms with Gasteiger partial charge >= 0.3 is 0 Å². The SMILES string of the molecule is Cc1nn(-c2ccccc2)c(C)c1NC(=O)CCN1CCCC(CN2CCC(C)CC2)C1. The molecule has 0 spiro atoms. The Kier molecular flexibility index (Phi) is 7.63. The Balaban J connectivity index is 1.26. The molecule has 6 heteroatoms. The topological polar surface area (TPSA) is 53.4 Å². The molecule has 1 aromatic heterocycles. The third kappa shape index (κ3) is 5.78. The van der Waals surface area contributed by atoms with E-state index in [1.807, 2.05) is 48.9 Å². The standard InChI is InChI=1S/C26H39N5O/c1-20-11-15-30(16-12-20)19-23-8-7-14-29(18-23)17-13-25(32)27-26-21(2)28-31(22(26)3)24-9-5-4-6-10-24/h4-6,9-10,20,23H,7-8,11-19H2,1-3H3,(H,27,32). The number of amides is 1. The van der Waals surface area contributed by atoms with Gasteiger partial charge in [0.1, 0.15) is 0 Å². The van der Waals surface area contributed by atoms with Gasteiger partial charge in [-0.15, -0.1) is 0 Å². The summed E-state index contributed by atoms with van der Waals surface area (Å²) in [6, 6.07) is 10.1. The lowest BCUT2D eigenvalue weighted by Crippen LogP contribution is -2.43. The molecule has 0 saturated carbocycles. The second-order valence-electron chi connectivity index (χ2n) is 9.88. The summed E-state index contributed by atoms with van der Waals surface area (Å²) in [5.41, 5.74) is 3.68. The number of likely N-dealkylation sites (tertiary alicyclic amines) is 2. The third-order valence-corrected chi connectivity index (χ3v) is 7.21. The van der Waals surface area contributed by atoms with Crippen LogP contribution < -0.4 is 5.32 Å². The summed E-state index contributed by atoms with van der Waals surface area (Å²) < 4.78 is 1.90. The van der Waals surface area contributed by atoms with Gasteiger partial charge in [0.05, 0.1) is 22.8 Å². The number of carbonyl (C=O) groups is 1. The van der Waals surface area contributed by atoms with E-state index in [4.69, 9.17) is 0 Å². The number of aryl methyl sites for hydroxylation is 1. The normalized spacial score (nSPS) is 21.0. The van der Waals surface area contributed by atoms with Crippen LogP contribution in [0.5, 0.6) is 0 Å². The number of para-hydroxylation sites is 1. The van der Waals surface area contributed by atoms with E-state index >= 15 is 0 Å². The van der Waals surface area contributed by atoms with Crippen molar-refractivity contribution in [2.45, 2.75) is 52.9 Å². The molecule has 3 heterocycles. The van der Waals surface area contributed by atoms with Crippen molar-refractivity contribution in [3.63, 3.8) is 0 Å². The van der Waals surface area contributed by atoms with Crippen LogP contribution in [0, 0.1) is 25.7 Å². The predicted molar refractivity (Wildman–Crippen MR) is 130 cm³/mol. The van der Waals surface area contributed by atoms with Crippen molar-refractivity contribution in [1.29, 1.82) is 0 Å². The van der Waals surface area contributed by atoms with E-state index < -0.39 is 0 Å². The molecule has 2 aliphatic heterocycles. The fraction of sp³-hybridized carbons (Fsp3) is 0.615. The van der Waals surface area contributed by atoms with Crippen LogP contribution in [-0.2, 0) is 4.79 Å². The Morgan fingerprint density at radius 3 is 2.56 bits per heavy atom. The number of nitrogens with one attached hydrogen (secondary N) is 1. The average Bonchev–Trinajstić information content (AvgIpc) is 3.08. The molecular formula is C26H39N5O. The number of anilines is 1. The van der Waals surface area contributed by atoms with Crippen LogP contribution in [-0.4, -0.2) is 64.8 Å².